The molecular formula is C12H13ClN4O2S2. The zero-order valence-electron chi connectivity index (χ0n) is 11.1. The number of hydrogen-bond donors (Lipinski definition) is 2. The SMILES string of the molecule is Cn1ccc(CNS(=O)(=O)c2cc(C(N)=S)ccc2Cl)n1. The number of aromatic nitrogens is 2. The van der Waals surface area contributed by atoms with Gasteiger partial charge in [-0.3, -0.25) is 4.68 Å². The van der Waals surface area contributed by atoms with Crippen molar-refractivity contribution >= 4 is 38.8 Å². The first-order valence-electron chi connectivity index (χ1n) is 5.87. The van der Waals surface area contributed by atoms with Gasteiger partial charge in [-0.05, 0) is 18.2 Å². The van der Waals surface area contributed by atoms with Crippen LogP contribution in [0.25, 0.3) is 0 Å². The van der Waals surface area contributed by atoms with E-state index in [0.717, 1.165) is 0 Å². The highest BCUT2D eigenvalue weighted by atomic mass is 35.5. The van der Waals surface area contributed by atoms with Crippen LogP contribution in [0.1, 0.15) is 11.3 Å². The van der Waals surface area contributed by atoms with Crippen LogP contribution in [0.4, 0.5) is 0 Å². The van der Waals surface area contributed by atoms with Crippen LogP contribution in [0, 0.1) is 0 Å². The molecule has 0 unspecified atom stereocenters. The van der Waals surface area contributed by atoms with Crippen molar-refractivity contribution < 1.29 is 8.42 Å². The van der Waals surface area contributed by atoms with Crippen LogP contribution in [-0.2, 0) is 23.6 Å². The maximum Gasteiger partial charge on any atom is 0.242 e. The summed E-state index contributed by atoms with van der Waals surface area (Å²) in [6, 6.07) is 6.09. The number of benzene rings is 1. The number of nitrogens with one attached hydrogen (secondary N) is 1. The largest absolute Gasteiger partial charge is 0.389 e. The molecule has 1 aromatic heterocycles. The molecule has 9 heteroatoms. The quantitative estimate of drug-likeness (QED) is 0.795. The molecule has 3 N–H and O–H groups in total. The molecular weight excluding hydrogens is 332 g/mol. The topological polar surface area (TPSA) is 90.0 Å². The summed E-state index contributed by atoms with van der Waals surface area (Å²) in [6.07, 6.45) is 1.73. The van der Waals surface area contributed by atoms with Crippen LogP contribution >= 0.6 is 23.8 Å². The van der Waals surface area contributed by atoms with E-state index in [1.807, 2.05) is 0 Å². The van der Waals surface area contributed by atoms with Crippen molar-refractivity contribution in [1.29, 1.82) is 0 Å². The van der Waals surface area contributed by atoms with Crippen LogP contribution in [0.15, 0.2) is 35.4 Å². The van der Waals surface area contributed by atoms with Crippen LogP contribution in [0.2, 0.25) is 5.02 Å². The van der Waals surface area contributed by atoms with Gasteiger partial charge in [0.1, 0.15) is 9.88 Å². The summed E-state index contributed by atoms with van der Waals surface area (Å²) in [6.45, 7) is 0.0663. The third-order valence-corrected chi connectivity index (χ3v) is 4.84. The molecule has 0 saturated carbocycles. The number of sulfonamides is 1. The van der Waals surface area contributed by atoms with Gasteiger partial charge in [0.15, 0.2) is 0 Å². The fourth-order valence-electron chi connectivity index (χ4n) is 1.67. The number of rotatable bonds is 5. The highest BCUT2D eigenvalue weighted by Crippen LogP contribution is 2.22. The van der Waals surface area contributed by atoms with E-state index in [1.165, 1.54) is 12.1 Å². The second-order valence-corrected chi connectivity index (χ2v) is 6.90. The van der Waals surface area contributed by atoms with Gasteiger partial charge < -0.3 is 5.73 Å². The van der Waals surface area contributed by atoms with Crippen molar-refractivity contribution in [3.05, 3.63) is 46.7 Å². The van der Waals surface area contributed by atoms with Crippen molar-refractivity contribution in [3.63, 3.8) is 0 Å². The van der Waals surface area contributed by atoms with Gasteiger partial charge >= 0.3 is 0 Å². The first kappa shape index (κ1) is 15.9. The first-order chi connectivity index (χ1) is 9.79. The van der Waals surface area contributed by atoms with E-state index in [9.17, 15) is 8.42 Å². The minimum absolute atomic E-state index is 0.0644. The summed E-state index contributed by atoms with van der Waals surface area (Å²) >= 11 is 10.8. The number of aryl methyl sites for hydroxylation is 1. The van der Waals surface area contributed by atoms with Crippen molar-refractivity contribution in [2.24, 2.45) is 12.8 Å². The Labute approximate surface area is 133 Å². The summed E-state index contributed by atoms with van der Waals surface area (Å²) in [5.74, 6) is 0. The van der Waals surface area contributed by atoms with Crippen molar-refractivity contribution in [1.82, 2.24) is 14.5 Å². The molecule has 112 valence electrons. The van der Waals surface area contributed by atoms with Crippen LogP contribution in [0.5, 0.6) is 0 Å². The van der Waals surface area contributed by atoms with Gasteiger partial charge in [-0.1, -0.05) is 29.9 Å². The van der Waals surface area contributed by atoms with E-state index in [4.69, 9.17) is 29.6 Å². The average molecular weight is 345 g/mol. The molecule has 0 aliphatic carbocycles. The molecule has 2 aromatic rings. The average Bonchev–Trinajstić information content (AvgIpc) is 2.82. The number of nitrogens with zero attached hydrogens (tertiary/aromatic N) is 2. The van der Waals surface area contributed by atoms with Crippen LogP contribution in [-0.4, -0.2) is 23.2 Å². The smallest absolute Gasteiger partial charge is 0.242 e. The Morgan fingerprint density at radius 3 is 2.76 bits per heavy atom. The van der Waals surface area contributed by atoms with Gasteiger partial charge in [0.2, 0.25) is 10.0 Å². The third-order valence-electron chi connectivity index (χ3n) is 2.72. The molecule has 0 aliphatic heterocycles. The lowest BCUT2D eigenvalue weighted by atomic mass is 10.2. The minimum Gasteiger partial charge on any atom is -0.389 e. The van der Waals surface area contributed by atoms with Gasteiger partial charge in [0.05, 0.1) is 17.3 Å². The van der Waals surface area contributed by atoms with Crippen molar-refractivity contribution in [2.75, 3.05) is 0 Å². The molecule has 0 radical (unpaired) electrons. The fourth-order valence-corrected chi connectivity index (χ4v) is 3.32. The number of halogens is 1. The summed E-state index contributed by atoms with van der Waals surface area (Å²) in [5.41, 5.74) is 6.54. The maximum atomic E-state index is 12.3. The second kappa shape index (κ2) is 6.10. The van der Waals surface area contributed by atoms with Gasteiger partial charge in [0, 0.05) is 18.8 Å². The lowest BCUT2D eigenvalue weighted by molar-refractivity contribution is 0.579. The Morgan fingerprint density at radius 1 is 1.48 bits per heavy atom. The Hall–Kier alpha value is -1.48. The van der Waals surface area contributed by atoms with E-state index < -0.39 is 10.0 Å². The predicted octanol–water partition coefficient (Wildman–Crippen LogP) is 1.19. The van der Waals surface area contributed by atoms with Crippen LogP contribution in [0.3, 0.4) is 0 Å². The van der Waals surface area contributed by atoms with Crippen molar-refractivity contribution in [3.8, 4) is 0 Å². The van der Waals surface area contributed by atoms with Crippen LogP contribution < -0.4 is 10.5 Å². The molecule has 2 rings (SSSR count). The first-order valence-corrected chi connectivity index (χ1v) is 8.14. The Bertz CT molecular complexity index is 786. The Kier molecular flexibility index (Phi) is 4.62. The summed E-state index contributed by atoms with van der Waals surface area (Å²) in [5, 5.41) is 4.19. The number of thiocarbonyl (C=S) groups is 1. The lowest BCUT2D eigenvalue weighted by Gasteiger charge is -2.09. The third kappa shape index (κ3) is 3.79. The van der Waals surface area contributed by atoms with Gasteiger partial charge in [0.25, 0.3) is 0 Å². The van der Waals surface area contributed by atoms with Crippen molar-refractivity contribution in [2.45, 2.75) is 11.4 Å². The molecule has 1 heterocycles. The molecule has 0 aliphatic rings. The van der Waals surface area contributed by atoms with Gasteiger partial charge in [-0.25, -0.2) is 13.1 Å². The highest BCUT2D eigenvalue weighted by molar-refractivity contribution is 7.89. The maximum absolute atomic E-state index is 12.3. The molecule has 0 amide bonds. The second-order valence-electron chi connectivity index (χ2n) is 4.31. The van der Waals surface area contributed by atoms with Gasteiger partial charge in [-0.15, -0.1) is 0 Å². The Balaban J connectivity index is 2.26. The van der Waals surface area contributed by atoms with E-state index in [0.29, 0.717) is 11.3 Å². The molecule has 6 nitrogen and oxygen atoms in total. The lowest BCUT2D eigenvalue weighted by Crippen LogP contribution is -2.24. The standard InChI is InChI=1S/C12H13ClN4O2S2/c1-17-5-4-9(16-17)7-15-21(18,19)11-6-8(12(14)20)2-3-10(11)13/h2-6,15H,7H2,1H3,(H2,14,20). The van der Waals surface area contributed by atoms with Gasteiger partial charge in [-0.2, -0.15) is 5.10 Å². The zero-order valence-corrected chi connectivity index (χ0v) is 13.5. The highest BCUT2D eigenvalue weighted by Gasteiger charge is 2.19. The number of hydrogen-bond acceptors (Lipinski definition) is 4. The normalized spacial score (nSPS) is 11.5. The number of nitrogens with two attached hydrogens (primary N) is 1. The van der Waals surface area contributed by atoms with E-state index in [1.54, 1.807) is 30.1 Å². The Morgan fingerprint density at radius 2 is 2.19 bits per heavy atom. The van der Waals surface area contributed by atoms with E-state index in [2.05, 4.69) is 9.82 Å². The molecule has 0 atom stereocenters. The minimum atomic E-state index is -3.78. The zero-order chi connectivity index (χ0) is 15.6. The molecule has 0 fully saturated rings. The molecule has 21 heavy (non-hydrogen) atoms. The summed E-state index contributed by atoms with van der Waals surface area (Å²) in [4.78, 5) is 0.0400. The van der Waals surface area contributed by atoms with E-state index >= 15 is 0 Å². The van der Waals surface area contributed by atoms with E-state index in [-0.39, 0.29) is 21.5 Å². The summed E-state index contributed by atoms with van der Waals surface area (Å²) in [7, 11) is -2.03. The fraction of sp³-hybridized carbons (Fsp3) is 0.167. The summed E-state index contributed by atoms with van der Waals surface area (Å²) < 4.78 is 28.6. The monoisotopic (exact) mass is 344 g/mol. The molecule has 0 bridgehead atoms. The molecule has 1 aromatic carbocycles. The molecule has 0 saturated heterocycles. The molecule has 0 spiro atoms. The predicted molar refractivity (Wildman–Crippen MR) is 84.6 cm³/mol.